The number of nitrogens with zero attached hydrogens (tertiary/aromatic N) is 1. The summed E-state index contributed by atoms with van der Waals surface area (Å²) in [6, 6.07) is 11.0. The van der Waals surface area contributed by atoms with Gasteiger partial charge in [0.05, 0.1) is 27.4 Å². The van der Waals surface area contributed by atoms with Crippen molar-refractivity contribution < 1.29 is 24.1 Å². The predicted molar refractivity (Wildman–Crippen MR) is 109 cm³/mol. The van der Waals surface area contributed by atoms with Gasteiger partial charge in [-0.05, 0) is 42.0 Å². The number of hydrogen-bond acceptors (Lipinski definition) is 6. The van der Waals surface area contributed by atoms with Crippen LogP contribution in [0.5, 0.6) is 17.2 Å². The van der Waals surface area contributed by atoms with Gasteiger partial charge < -0.3 is 24.1 Å². The molecule has 1 saturated heterocycles. The maximum atomic E-state index is 10.3. The minimum absolute atomic E-state index is 0.187. The van der Waals surface area contributed by atoms with E-state index in [9.17, 15) is 5.11 Å². The fraction of sp³-hybridized carbons (Fsp3) is 0.429. The Morgan fingerprint density at radius 2 is 1.86 bits per heavy atom. The number of rotatable bonds is 8. The molecule has 0 aliphatic carbocycles. The number of aliphatic hydroxyl groups excluding tert-OH is 1. The topological polar surface area (TPSA) is 60.4 Å². The lowest BCUT2D eigenvalue weighted by molar-refractivity contribution is 0.00466. The molecule has 0 saturated carbocycles. The third kappa shape index (κ3) is 5.52. The van der Waals surface area contributed by atoms with E-state index in [0.29, 0.717) is 36.3 Å². The highest BCUT2D eigenvalue weighted by molar-refractivity contribution is 6.31. The molecule has 152 valence electrons. The summed E-state index contributed by atoms with van der Waals surface area (Å²) in [4.78, 5) is 2.17. The van der Waals surface area contributed by atoms with Gasteiger partial charge in [-0.25, -0.2) is 0 Å². The first kappa shape index (κ1) is 20.7. The summed E-state index contributed by atoms with van der Waals surface area (Å²) in [6.07, 6.45) is -0.591. The Kier molecular flexibility index (Phi) is 7.39. The molecule has 1 aliphatic heterocycles. The Morgan fingerprint density at radius 1 is 1.07 bits per heavy atom. The molecule has 0 aromatic heterocycles. The highest BCUT2D eigenvalue weighted by Gasteiger charge is 2.16. The van der Waals surface area contributed by atoms with Gasteiger partial charge in [-0.15, -0.1) is 0 Å². The fourth-order valence-corrected chi connectivity index (χ4v) is 3.39. The van der Waals surface area contributed by atoms with E-state index < -0.39 is 6.10 Å². The number of aliphatic hydroxyl groups is 1. The first-order chi connectivity index (χ1) is 13.6. The first-order valence-corrected chi connectivity index (χ1v) is 9.61. The number of hydrogen-bond donors (Lipinski definition) is 1. The smallest absolute Gasteiger partial charge is 0.126 e. The average Bonchev–Trinajstić information content (AvgIpc) is 2.72. The minimum atomic E-state index is -0.591. The molecule has 2 aromatic rings. The molecule has 1 aliphatic rings. The first-order valence-electron chi connectivity index (χ1n) is 9.23. The molecule has 7 heteroatoms. The summed E-state index contributed by atoms with van der Waals surface area (Å²) < 4.78 is 21.9. The van der Waals surface area contributed by atoms with Crippen LogP contribution in [0.3, 0.4) is 0 Å². The second-order valence-corrected chi connectivity index (χ2v) is 7.06. The highest BCUT2D eigenvalue weighted by Crippen LogP contribution is 2.36. The number of ether oxygens (including phenoxy) is 4. The predicted octanol–water partition coefficient (Wildman–Crippen LogP) is 3.10. The minimum Gasteiger partial charge on any atom is -0.497 e. The van der Waals surface area contributed by atoms with Gasteiger partial charge in [-0.2, -0.15) is 0 Å². The standard InChI is InChI=1S/C21H26ClNO5/c1-25-18-3-4-21(26-2)20(12-18)15-9-16(22)11-19(10-15)28-14-17(24)13-23-5-7-27-8-6-23/h3-4,9-12,17,24H,5-8,13-14H2,1-2H3. The second-order valence-electron chi connectivity index (χ2n) is 6.62. The number of morpholine rings is 1. The van der Waals surface area contributed by atoms with Gasteiger partial charge in [0.15, 0.2) is 0 Å². The third-order valence-electron chi connectivity index (χ3n) is 4.60. The van der Waals surface area contributed by atoms with Gasteiger partial charge in [0.1, 0.15) is 30.0 Å². The van der Waals surface area contributed by atoms with E-state index in [4.69, 9.17) is 30.5 Å². The van der Waals surface area contributed by atoms with E-state index in [-0.39, 0.29) is 6.61 Å². The molecule has 1 unspecified atom stereocenters. The van der Waals surface area contributed by atoms with Crippen molar-refractivity contribution in [3.8, 4) is 28.4 Å². The molecule has 0 radical (unpaired) electrons. The Balaban J connectivity index is 1.71. The van der Waals surface area contributed by atoms with Crippen LogP contribution < -0.4 is 14.2 Å². The van der Waals surface area contributed by atoms with E-state index >= 15 is 0 Å². The van der Waals surface area contributed by atoms with Crippen molar-refractivity contribution in [2.75, 3.05) is 53.7 Å². The Labute approximate surface area is 170 Å². The summed E-state index contributed by atoms with van der Waals surface area (Å²) >= 11 is 6.30. The lowest BCUT2D eigenvalue weighted by Gasteiger charge is -2.28. The molecule has 6 nitrogen and oxygen atoms in total. The van der Waals surface area contributed by atoms with Crippen molar-refractivity contribution in [1.29, 1.82) is 0 Å². The molecule has 0 bridgehead atoms. The van der Waals surface area contributed by atoms with Gasteiger partial charge >= 0.3 is 0 Å². The van der Waals surface area contributed by atoms with Crippen molar-refractivity contribution in [1.82, 2.24) is 4.90 Å². The van der Waals surface area contributed by atoms with Crippen molar-refractivity contribution in [2.45, 2.75) is 6.10 Å². The zero-order valence-corrected chi connectivity index (χ0v) is 16.9. The molecular weight excluding hydrogens is 382 g/mol. The second kappa shape index (κ2) is 9.98. The zero-order valence-electron chi connectivity index (χ0n) is 16.2. The zero-order chi connectivity index (χ0) is 19.9. The van der Waals surface area contributed by atoms with Crippen LogP contribution in [-0.2, 0) is 4.74 Å². The van der Waals surface area contributed by atoms with Gasteiger partial charge in [0.2, 0.25) is 0 Å². The van der Waals surface area contributed by atoms with Gasteiger partial charge in [-0.1, -0.05) is 11.6 Å². The van der Waals surface area contributed by atoms with Crippen LogP contribution in [0.1, 0.15) is 0 Å². The summed E-state index contributed by atoms with van der Waals surface area (Å²) in [5.74, 6) is 2.02. The van der Waals surface area contributed by atoms with Crippen molar-refractivity contribution in [3.05, 3.63) is 41.4 Å². The van der Waals surface area contributed by atoms with Gasteiger partial charge in [0.25, 0.3) is 0 Å². The number of β-amino-alcohol motifs (C(OH)–C–C–N with tert-alkyl or cyclic N) is 1. The highest BCUT2D eigenvalue weighted by atomic mass is 35.5. The Hall–Kier alpha value is -1.99. The number of methoxy groups -OCH3 is 2. The largest absolute Gasteiger partial charge is 0.497 e. The van der Waals surface area contributed by atoms with Crippen LogP contribution in [0.4, 0.5) is 0 Å². The van der Waals surface area contributed by atoms with E-state index in [0.717, 1.165) is 30.0 Å². The van der Waals surface area contributed by atoms with E-state index in [1.165, 1.54) is 0 Å². The number of halogens is 1. The van der Waals surface area contributed by atoms with Gasteiger partial charge in [-0.3, -0.25) is 4.90 Å². The molecule has 3 rings (SSSR count). The molecule has 2 aromatic carbocycles. The van der Waals surface area contributed by atoms with Crippen LogP contribution >= 0.6 is 11.6 Å². The normalized spacial score (nSPS) is 15.9. The Morgan fingerprint density at radius 3 is 2.57 bits per heavy atom. The van der Waals surface area contributed by atoms with Gasteiger partial charge in [0, 0.05) is 30.2 Å². The maximum absolute atomic E-state index is 10.3. The van der Waals surface area contributed by atoms with Crippen molar-refractivity contribution >= 4 is 11.6 Å². The summed E-state index contributed by atoms with van der Waals surface area (Å²) in [6.45, 7) is 3.80. The Bertz CT molecular complexity index is 779. The van der Waals surface area contributed by atoms with Crippen LogP contribution in [0, 0.1) is 0 Å². The SMILES string of the molecule is COc1ccc(OC)c(-c2cc(Cl)cc(OCC(O)CN3CCOCC3)c2)c1. The molecule has 28 heavy (non-hydrogen) atoms. The quantitative estimate of drug-likeness (QED) is 0.725. The van der Waals surface area contributed by atoms with Crippen LogP contribution in [0.2, 0.25) is 5.02 Å². The molecule has 1 heterocycles. The summed E-state index contributed by atoms with van der Waals surface area (Å²) in [7, 11) is 3.24. The van der Waals surface area contributed by atoms with Crippen LogP contribution in [0.15, 0.2) is 36.4 Å². The van der Waals surface area contributed by atoms with Crippen molar-refractivity contribution in [2.24, 2.45) is 0 Å². The van der Waals surface area contributed by atoms with Crippen molar-refractivity contribution in [3.63, 3.8) is 0 Å². The monoisotopic (exact) mass is 407 g/mol. The molecule has 1 atom stereocenters. The van der Waals surface area contributed by atoms with E-state index in [1.54, 1.807) is 20.3 Å². The average molecular weight is 408 g/mol. The van der Waals surface area contributed by atoms with E-state index in [2.05, 4.69) is 4.90 Å². The van der Waals surface area contributed by atoms with Crippen LogP contribution in [-0.4, -0.2) is 69.8 Å². The third-order valence-corrected chi connectivity index (χ3v) is 4.82. The summed E-state index contributed by atoms with van der Waals surface area (Å²) in [5.41, 5.74) is 1.70. The lowest BCUT2D eigenvalue weighted by atomic mass is 10.0. The fourth-order valence-electron chi connectivity index (χ4n) is 3.17. The number of benzene rings is 2. The molecule has 0 spiro atoms. The molecule has 1 N–H and O–H groups in total. The molecule has 0 amide bonds. The maximum Gasteiger partial charge on any atom is 0.126 e. The lowest BCUT2D eigenvalue weighted by Crippen LogP contribution is -2.42. The van der Waals surface area contributed by atoms with E-state index in [1.807, 2.05) is 30.3 Å². The summed E-state index contributed by atoms with van der Waals surface area (Å²) in [5, 5.41) is 10.8. The molecular formula is C21H26ClNO5. The van der Waals surface area contributed by atoms with Crippen LogP contribution in [0.25, 0.3) is 11.1 Å². The molecule has 1 fully saturated rings.